The number of nitrogens with two attached hydrogens (primary N) is 1. The molecular formula is C6H6F3N3O. The van der Waals surface area contributed by atoms with Crippen LogP contribution in [0.1, 0.15) is 5.82 Å². The van der Waals surface area contributed by atoms with Crippen molar-refractivity contribution in [2.24, 2.45) is 5.73 Å². The van der Waals surface area contributed by atoms with E-state index in [0.29, 0.717) is 4.57 Å². The highest BCUT2D eigenvalue weighted by Crippen LogP contribution is 2.19. The Bertz CT molecular complexity index is 317. The van der Waals surface area contributed by atoms with Gasteiger partial charge < -0.3 is 5.73 Å². The summed E-state index contributed by atoms with van der Waals surface area (Å²) in [5.74, 6) is -0.403. The van der Waals surface area contributed by atoms with Crippen LogP contribution in [0.2, 0.25) is 0 Å². The standard InChI is InChI=1S/C6H6F3N3O/c7-6(8,9)3-4-11-1-2-12(4)5(10)13/h1-2H,3H2,(H2,10,13). The first kappa shape index (κ1) is 9.56. The van der Waals surface area contributed by atoms with Crippen molar-refractivity contribution in [2.45, 2.75) is 12.6 Å². The van der Waals surface area contributed by atoms with Gasteiger partial charge in [0, 0.05) is 12.4 Å². The molecule has 0 fully saturated rings. The molecule has 72 valence electrons. The SMILES string of the molecule is NC(=O)n1ccnc1CC(F)(F)F. The Hall–Kier alpha value is -1.53. The van der Waals surface area contributed by atoms with Gasteiger partial charge >= 0.3 is 12.2 Å². The van der Waals surface area contributed by atoms with E-state index in [1.165, 1.54) is 0 Å². The Labute approximate surface area is 71.2 Å². The molecule has 4 nitrogen and oxygen atoms in total. The highest BCUT2D eigenvalue weighted by atomic mass is 19.4. The van der Waals surface area contributed by atoms with Gasteiger partial charge in [0.15, 0.2) is 0 Å². The topological polar surface area (TPSA) is 60.9 Å². The summed E-state index contributed by atoms with van der Waals surface area (Å²) in [4.78, 5) is 13.9. The molecule has 0 aliphatic carbocycles. The second kappa shape index (κ2) is 3.08. The second-order valence-corrected chi connectivity index (χ2v) is 2.34. The summed E-state index contributed by atoms with van der Waals surface area (Å²) in [5, 5.41) is 0. The number of carbonyl (C=O) groups excluding carboxylic acids is 1. The fourth-order valence-electron chi connectivity index (χ4n) is 0.845. The zero-order valence-electron chi connectivity index (χ0n) is 6.38. The number of primary amides is 1. The third-order valence-electron chi connectivity index (χ3n) is 1.31. The van der Waals surface area contributed by atoms with Crippen LogP contribution >= 0.6 is 0 Å². The van der Waals surface area contributed by atoms with Gasteiger partial charge in [0.05, 0.1) is 0 Å². The number of alkyl halides is 3. The van der Waals surface area contributed by atoms with Crippen molar-refractivity contribution in [3.8, 4) is 0 Å². The van der Waals surface area contributed by atoms with E-state index in [0.717, 1.165) is 12.4 Å². The molecule has 1 aromatic heterocycles. The molecule has 0 saturated heterocycles. The van der Waals surface area contributed by atoms with Crippen molar-refractivity contribution in [1.82, 2.24) is 9.55 Å². The van der Waals surface area contributed by atoms with Crippen LogP contribution in [0.15, 0.2) is 12.4 Å². The van der Waals surface area contributed by atoms with E-state index < -0.39 is 24.5 Å². The highest BCUT2D eigenvalue weighted by molar-refractivity contribution is 5.75. The summed E-state index contributed by atoms with van der Waals surface area (Å²) < 4.78 is 36.2. The van der Waals surface area contributed by atoms with E-state index in [-0.39, 0.29) is 0 Å². The predicted octanol–water partition coefficient (Wildman–Crippen LogP) is 0.915. The Morgan fingerprint density at radius 2 is 2.23 bits per heavy atom. The average Bonchev–Trinajstić information content (AvgIpc) is 2.31. The van der Waals surface area contributed by atoms with Gasteiger partial charge in [-0.25, -0.2) is 9.78 Å². The van der Waals surface area contributed by atoms with Crippen LogP contribution < -0.4 is 5.73 Å². The van der Waals surface area contributed by atoms with E-state index in [1.807, 2.05) is 0 Å². The predicted molar refractivity (Wildman–Crippen MR) is 37.0 cm³/mol. The lowest BCUT2D eigenvalue weighted by Gasteiger charge is -2.05. The number of amides is 1. The number of aromatic nitrogens is 2. The van der Waals surface area contributed by atoms with Crippen molar-refractivity contribution in [2.75, 3.05) is 0 Å². The Morgan fingerprint density at radius 1 is 1.62 bits per heavy atom. The van der Waals surface area contributed by atoms with Crippen molar-refractivity contribution < 1.29 is 18.0 Å². The molecule has 0 aromatic carbocycles. The van der Waals surface area contributed by atoms with Crippen LogP contribution in [0.3, 0.4) is 0 Å². The zero-order chi connectivity index (χ0) is 10.1. The summed E-state index contributed by atoms with van der Waals surface area (Å²) in [6.07, 6.45) is -3.48. The molecular weight excluding hydrogens is 187 g/mol. The van der Waals surface area contributed by atoms with Crippen LogP contribution in [-0.2, 0) is 6.42 Å². The van der Waals surface area contributed by atoms with Crippen LogP contribution in [0.5, 0.6) is 0 Å². The largest absolute Gasteiger partial charge is 0.396 e. The fraction of sp³-hybridized carbons (Fsp3) is 0.333. The number of halogens is 3. The lowest BCUT2D eigenvalue weighted by molar-refractivity contribution is -0.128. The molecule has 0 atom stereocenters. The van der Waals surface area contributed by atoms with E-state index in [9.17, 15) is 18.0 Å². The van der Waals surface area contributed by atoms with Gasteiger partial charge in [0.2, 0.25) is 0 Å². The summed E-state index contributed by atoms with van der Waals surface area (Å²) in [7, 11) is 0. The van der Waals surface area contributed by atoms with Crippen LogP contribution in [-0.4, -0.2) is 21.8 Å². The minimum absolute atomic E-state index is 0.403. The molecule has 1 amide bonds. The maximum absolute atomic E-state index is 11.9. The Morgan fingerprint density at radius 3 is 2.69 bits per heavy atom. The lowest BCUT2D eigenvalue weighted by atomic mass is 10.4. The molecule has 0 radical (unpaired) electrons. The maximum Gasteiger partial charge on any atom is 0.396 e. The average molecular weight is 193 g/mol. The first-order valence-electron chi connectivity index (χ1n) is 3.29. The molecule has 0 aliphatic rings. The minimum atomic E-state index is -4.39. The molecule has 1 heterocycles. The van der Waals surface area contributed by atoms with Crippen molar-refractivity contribution in [3.05, 3.63) is 18.2 Å². The van der Waals surface area contributed by atoms with Crippen molar-refractivity contribution in [1.29, 1.82) is 0 Å². The molecule has 7 heteroatoms. The molecule has 0 unspecified atom stereocenters. The van der Waals surface area contributed by atoms with Gasteiger partial charge in [-0.05, 0) is 0 Å². The smallest absolute Gasteiger partial charge is 0.351 e. The number of hydrogen-bond acceptors (Lipinski definition) is 2. The van der Waals surface area contributed by atoms with E-state index in [4.69, 9.17) is 5.73 Å². The second-order valence-electron chi connectivity index (χ2n) is 2.34. The third-order valence-corrected chi connectivity index (χ3v) is 1.31. The summed E-state index contributed by atoms with van der Waals surface area (Å²) in [6, 6.07) is -0.975. The quantitative estimate of drug-likeness (QED) is 0.720. The molecule has 1 aromatic rings. The summed E-state index contributed by atoms with van der Waals surface area (Å²) in [6.45, 7) is 0. The van der Waals surface area contributed by atoms with Crippen molar-refractivity contribution in [3.63, 3.8) is 0 Å². The van der Waals surface area contributed by atoms with E-state index >= 15 is 0 Å². The van der Waals surface area contributed by atoms with Gasteiger partial charge in [-0.2, -0.15) is 13.2 Å². The summed E-state index contributed by atoms with van der Waals surface area (Å²) in [5.41, 5.74) is 4.79. The lowest BCUT2D eigenvalue weighted by Crippen LogP contribution is -2.24. The summed E-state index contributed by atoms with van der Waals surface area (Å²) >= 11 is 0. The number of nitrogens with zero attached hydrogens (tertiary/aromatic N) is 2. The number of carbonyl (C=O) groups is 1. The monoisotopic (exact) mass is 193 g/mol. The normalized spacial score (nSPS) is 11.6. The maximum atomic E-state index is 11.9. The molecule has 0 spiro atoms. The molecule has 0 saturated carbocycles. The van der Waals surface area contributed by atoms with Gasteiger partial charge in [-0.3, -0.25) is 4.57 Å². The zero-order valence-corrected chi connectivity index (χ0v) is 6.38. The number of rotatable bonds is 1. The van der Waals surface area contributed by atoms with Crippen LogP contribution in [0.4, 0.5) is 18.0 Å². The molecule has 0 aliphatic heterocycles. The first-order valence-corrected chi connectivity index (χ1v) is 3.29. The molecule has 0 bridgehead atoms. The number of imidazole rings is 1. The minimum Gasteiger partial charge on any atom is -0.351 e. The van der Waals surface area contributed by atoms with Crippen molar-refractivity contribution >= 4 is 6.03 Å². The Balaban J connectivity index is 2.89. The van der Waals surface area contributed by atoms with Gasteiger partial charge in [0.1, 0.15) is 12.2 Å². The van der Waals surface area contributed by atoms with E-state index in [2.05, 4.69) is 4.98 Å². The van der Waals surface area contributed by atoms with Gasteiger partial charge in [-0.15, -0.1) is 0 Å². The number of hydrogen-bond donors (Lipinski definition) is 1. The van der Waals surface area contributed by atoms with Crippen LogP contribution in [0.25, 0.3) is 0 Å². The molecule has 13 heavy (non-hydrogen) atoms. The van der Waals surface area contributed by atoms with E-state index in [1.54, 1.807) is 0 Å². The molecule has 2 N–H and O–H groups in total. The third kappa shape index (κ3) is 2.46. The fourth-order valence-corrected chi connectivity index (χ4v) is 0.845. The first-order chi connectivity index (χ1) is 5.90. The Kier molecular flexibility index (Phi) is 2.26. The molecule has 1 rings (SSSR count). The van der Waals surface area contributed by atoms with Crippen LogP contribution in [0, 0.1) is 0 Å². The highest BCUT2D eigenvalue weighted by Gasteiger charge is 2.30. The van der Waals surface area contributed by atoms with Gasteiger partial charge in [-0.1, -0.05) is 0 Å². The van der Waals surface area contributed by atoms with Gasteiger partial charge in [0.25, 0.3) is 0 Å².